The fraction of sp³-hybridized carbons (Fsp3) is 0.692. The molecule has 1 aromatic rings. The van der Waals surface area contributed by atoms with Gasteiger partial charge in [0.25, 0.3) is 5.88 Å². The van der Waals surface area contributed by atoms with E-state index in [1.807, 2.05) is 0 Å². The van der Waals surface area contributed by atoms with Crippen molar-refractivity contribution in [3.05, 3.63) is 16.4 Å². The number of methoxy groups -OCH3 is 1. The van der Waals surface area contributed by atoms with Gasteiger partial charge in [0.1, 0.15) is 6.33 Å². The highest BCUT2D eigenvalue weighted by atomic mass is 16.6. The molecule has 0 unspecified atom stereocenters. The molecule has 1 fully saturated rings. The second-order valence-electron chi connectivity index (χ2n) is 5.34. The molecule has 1 aliphatic carbocycles. The van der Waals surface area contributed by atoms with E-state index in [9.17, 15) is 10.1 Å². The summed E-state index contributed by atoms with van der Waals surface area (Å²) in [7, 11) is 1.36. The first-order valence-corrected chi connectivity index (χ1v) is 6.89. The molecule has 0 radical (unpaired) electrons. The molecule has 2 rings (SSSR count). The smallest absolute Gasteiger partial charge is 0.372 e. The summed E-state index contributed by atoms with van der Waals surface area (Å²) in [6.07, 6.45) is 6.04. The first-order valence-electron chi connectivity index (χ1n) is 6.89. The van der Waals surface area contributed by atoms with Gasteiger partial charge in [-0.1, -0.05) is 19.8 Å². The minimum absolute atomic E-state index is 0.00948. The van der Waals surface area contributed by atoms with Crippen molar-refractivity contribution in [1.82, 2.24) is 9.97 Å². The van der Waals surface area contributed by atoms with Crippen LogP contribution >= 0.6 is 0 Å². The number of aromatic nitrogens is 2. The molecule has 0 amide bonds. The van der Waals surface area contributed by atoms with Gasteiger partial charge in [0.2, 0.25) is 5.82 Å². The predicted octanol–water partition coefficient (Wildman–Crippen LogP) is 2.63. The monoisotopic (exact) mass is 280 g/mol. The van der Waals surface area contributed by atoms with Gasteiger partial charge in [0, 0.05) is 6.54 Å². The Labute approximate surface area is 117 Å². The summed E-state index contributed by atoms with van der Waals surface area (Å²) in [6, 6.07) is 0. The molecule has 7 nitrogen and oxygen atoms in total. The van der Waals surface area contributed by atoms with E-state index < -0.39 is 4.92 Å². The molecule has 1 saturated carbocycles. The summed E-state index contributed by atoms with van der Waals surface area (Å²) in [6.45, 7) is 2.97. The third kappa shape index (κ3) is 3.34. The maximum Gasteiger partial charge on any atom is 0.372 e. The van der Waals surface area contributed by atoms with E-state index in [-0.39, 0.29) is 17.4 Å². The Kier molecular flexibility index (Phi) is 4.70. The van der Waals surface area contributed by atoms with Crippen LogP contribution < -0.4 is 10.1 Å². The molecular formula is C13H20N4O3. The van der Waals surface area contributed by atoms with E-state index in [4.69, 9.17) is 4.74 Å². The molecule has 1 N–H and O–H groups in total. The number of nitrogens with zero attached hydrogens (tertiary/aromatic N) is 3. The maximum absolute atomic E-state index is 11.1. The van der Waals surface area contributed by atoms with Crippen LogP contribution in [0.5, 0.6) is 5.88 Å². The number of hydrogen-bond acceptors (Lipinski definition) is 6. The van der Waals surface area contributed by atoms with Crippen LogP contribution in [0.2, 0.25) is 0 Å². The molecule has 1 aromatic heterocycles. The van der Waals surface area contributed by atoms with Gasteiger partial charge >= 0.3 is 5.69 Å². The van der Waals surface area contributed by atoms with E-state index in [0.717, 1.165) is 18.8 Å². The van der Waals surface area contributed by atoms with Gasteiger partial charge in [-0.2, -0.15) is 4.98 Å². The first-order chi connectivity index (χ1) is 9.61. The average molecular weight is 280 g/mol. The SMILES string of the molecule is COc1ncnc(NCC2CCC(C)CC2)c1[N+](=O)[O-]. The third-order valence-electron chi connectivity index (χ3n) is 3.86. The Morgan fingerprint density at radius 2 is 2.10 bits per heavy atom. The summed E-state index contributed by atoms with van der Waals surface area (Å²) in [4.78, 5) is 18.3. The zero-order chi connectivity index (χ0) is 14.5. The Bertz CT molecular complexity index is 473. The van der Waals surface area contributed by atoms with E-state index in [1.54, 1.807) is 0 Å². The van der Waals surface area contributed by atoms with Crippen LogP contribution in [0.3, 0.4) is 0 Å². The molecule has 20 heavy (non-hydrogen) atoms. The van der Waals surface area contributed by atoms with E-state index in [2.05, 4.69) is 22.2 Å². The van der Waals surface area contributed by atoms with Gasteiger partial charge in [-0.25, -0.2) is 4.98 Å². The lowest BCUT2D eigenvalue weighted by molar-refractivity contribution is -0.385. The van der Waals surface area contributed by atoms with Crippen molar-refractivity contribution in [3.8, 4) is 5.88 Å². The lowest BCUT2D eigenvalue weighted by Crippen LogP contribution is -2.21. The molecule has 1 heterocycles. The standard InChI is InChI=1S/C13H20N4O3/c1-9-3-5-10(6-4-9)7-14-12-11(17(18)19)13(20-2)16-8-15-12/h8-10H,3-7H2,1-2H3,(H,14,15,16). The van der Waals surface area contributed by atoms with Crippen molar-refractivity contribution in [2.45, 2.75) is 32.6 Å². The Hall–Kier alpha value is -1.92. The van der Waals surface area contributed by atoms with Gasteiger partial charge in [0.05, 0.1) is 12.0 Å². The summed E-state index contributed by atoms with van der Waals surface area (Å²) in [5.74, 6) is 1.57. The molecule has 1 aliphatic rings. The average Bonchev–Trinajstić information content (AvgIpc) is 2.46. The summed E-state index contributed by atoms with van der Waals surface area (Å²) in [5.41, 5.74) is -0.195. The number of hydrogen-bond donors (Lipinski definition) is 1. The van der Waals surface area contributed by atoms with Crippen LogP contribution in [-0.2, 0) is 0 Å². The second-order valence-corrected chi connectivity index (χ2v) is 5.34. The molecule has 0 saturated heterocycles. The Morgan fingerprint density at radius 1 is 1.40 bits per heavy atom. The fourth-order valence-electron chi connectivity index (χ4n) is 2.58. The van der Waals surface area contributed by atoms with E-state index >= 15 is 0 Å². The highest BCUT2D eigenvalue weighted by Gasteiger charge is 2.25. The van der Waals surface area contributed by atoms with Crippen molar-refractivity contribution >= 4 is 11.5 Å². The van der Waals surface area contributed by atoms with Crippen LogP contribution in [-0.4, -0.2) is 28.5 Å². The van der Waals surface area contributed by atoms with Gasteiger partial charge < -0.3 is 10.1 Å². The lowest BCUT2D eigenvalue weighted by atomic mass is 9.83. The molecule has 7 heteroatoms. The molecule has 0 aromatic carbocycles. The Morgan fingerprint density at radius 3 is 2.70 bits per heavy atom. The third-order valence-corrected chi connectivity index (χ3v) is 3.86. The van der Waals surface area contributed by atoms with Crippen LogP contribution in [0.25, 0.3) is 0 Å². The molecular weight excluding hydrogens is 260 g/mol. The van der Waals surface area contributed by atoms with Crippen molar-refractivity contribution in [2.24, 2.45) is 11.8 Å². The zero-order valence-corrected chi connectivity index (χ0v) is 11.8. The van der Waals surface area contributed by atoms with Gasteiger partial charge in [-0.05, 0) is 24.7 Å². The lowest BCUT2D eigenvalue weighted by Gasteiger charge is -2.26. The maximum atomic E-state index is 11.1. The summed E-state index contributed by atoms with van der Waals surface area (Å²) >= 11 is 0. The molecule has 0 spiro atoms. The summed E-state index contributed by atoms with van der Waals surface area (Å²) < 4.78 is 4.92. The molecule has 0 bridgehead atoms. The normalized spacial score (nSPS) is 22.3. The van der Waals surface area contributed by atoms with Crippen LogP contribution in [0.4, 0.5) is 11.5 Å². The topological polar surface area (TPSA) is 90.2 Å². The minimum atomic E-state index is -0.510. The minimum Gasteiger partial charge on any atom is -0.476 e. The van der Waals surface area contributed by atoms with E-state index in [0.29, 0.717) is 12.5 Å². The van der Waals surface area contributed by atoms with Crippen LogP contribution in [0.1, 0.15) is 32.6 Å². The van der Waals surface area contributed by atoms with E-state index in [1.165, 1.54) is 26.3 Å². The highest BCUT2D eigenvalue weighted by Crippen LogP contribution is 2.32. The number of anilines is 1. The van der Waals surface area contributed by atoms with Crippen LogP contribution in [0, 0.1) is 22.0 Å². The quantitative estimate of drug-likeness (QED) is 0.658. The summed E-state index contributed by atoms with van der Waals surface area (Å²) in [5, 5.41) is 14.2. The van der Waals surface area contributed by atoms with Crippen molar-refractivity contribution in [3.63, 3.8) is 0 Å². The number of ether oxygens (including phenoxy) is 1. The molecule has 0 atom stereocenters. The first kappa shape index (κ1) is 14.5. The van der Waals surface area contributed by atoms with Crippen LogP contribution in [0.15, 0.2) is 6.33 Å². The zero-order valence-electron chi connectivity index (χ0n) is 11.8. The fourth-order valence-corrected chi connectivity index (χ4v) is 2.58. The number of nitro groups is 1. The second kappa shape index (κ2) is 6.49. The molecule has 110 valence electrons. The van der Waals surface area contributed by atoms with Crippen molar-refractivity contribution in [1.29, 1.82) is 0 Å². The van der Waals surface area contributed by atoms with Crippen molar-refractivity contribution in [2.75, 3.05) is 19.0 Å². The largest absolute Gasteiger partial charge is 0.476 e. The Balaban J connectivity index is 2.04. The van der Waals surface area contributed by atoms with Gasteiger partial charge in [0.15, 0.2) is 0 Å². The molecule has 0 aliphatic heterocycles. The highest BCUT2D eigenvalue weighted by molar-refractivity contribution is 5.61. The predicted molar refractivity (Wildman–Crippen MR) is 74.9 cm³/mol. The number of nitrogens with one attached hydrogen (secondary N) is 1. The van der Waals surface area contributed by atoms with Crippen molar-refractivity contribution < 1.29 is 9.66 Å². The van der Waals surface area contributed by atoms with Gasteiger partial charge in [-0.15, -0.1) is 0 Å². The van der Waals surface area contributed by atoms with Gasteiger partial charge in [-0.3, -0.25) is 10.1 Å². The number of rotatable bonds is 5.